The fourth-order valence-electron chi connectivity index (χ4n) is 2.98. The lowest BCUT2D eigenvalue weighted by Crippen LogP contribution is -2.04. The van der Waals surface area contributed by atoms with E-state index in [1.165, 1.54) is 16.8 Å². The molecule has 0 radical (unpaired) electrons. The molecule has 0 amide bonds. The largest absolute Gasteiger partial charge is 0.507 e. The van der Waals surface area contributed by atoms with Crippen molar-refractivity contribution in [3.05, 3.63) is 76.3 Å². The van der Waals surface area contributed by atoms with E-state index in [0.717, 1.165) is 12.1 Å². The molecular formula is C21H12Cl2F3N3O2. The van der Waals surface area contributed by atoms with Crippen LogP contribution in [-0.2, 0) is 6.18 Å². The average molecular weight is 466 g/mol. The molecule has 31 heavy (non-hydrogen) atoms. The first-order chi connectivity index (χ1) is 14.6. The van der Waals surface area contributed by atoms with Gasteiger partial charge in [0, 0.05) is 5.02 Å². The van der Waals surface area contributed by atoms with E-state index in [0.29, 0.717) is 22.3 Å². The second-order valence-electron chi connectivity index (χ2n) is 6.51. The standard InChI is InChI=1S/C21H12Cl2F3N3O2/c22-12-6-8-16(15(23)10-12)29-20(14-3-1-2-4-17(14)30)27-19(28-29)13-7-5-11(9-18(13)31)21(24,25)26/h1-10,30-31H. The number of aromatic nitrogens is 3. The van der Waals surface area contributed by atoms with Gasteiger partial charge in [-0.3, -0.25) is 0 Å². The Bertz CT molecular complexity index is 1290. The predicted octanol–water partition coefficient (Wildman–Crippen LogP) is 6.34. The first-order valence-electron chi connectivity index (χ1n) is 8.76. The molecule has 0 aliphatic rings. The van der Waals surface area contributed by atoms with Gasteiger partial charge in [-0.25, -0.2) is 9.67 Å². The average Bonchev–Trinajstić information content (AvgIpc) is 3.12. The number of rotatable bonds is 3. The van der Waals surface area contributed by atoms with E-state index in [1.807, 2.05) is 0 Å². The molecule has 10 heteroatoms. The zero-order chi connectivity index (χ0) is 22.3. The summed E-state index contributed by atoms with van der Waals surface area (Å²) in [6.45, 7) is 0. The maximum Gasteiger partial charge on any atom is 0.416 e. The first-order valence-corrected chi connectivity index (χ1v) is 9.52. The molecular weight excluding hydrogens is 454 g/mol. The van der Waals surface area contributed by atoms with Gasteiger partial charge in [0.05, 0.1) is 27.4 Å². The molecule has 0 fully saturated rings. The third kappa shape index (κ3) is 4.04. The van der Waals surface area contributed by atoms with Gasteiger partial charge in [0.25, 0.3) is 0 Å². The molecule has 0 bridgehead atoms. The summed E-state index contributed by atoms with van der Waals surface area (Å²) in [5.41, 5.74) is -0.350. The van der Waals surface area contributed by atoms with Gasteiger partial charge in [-0.2, -0.15) is 13.2 Å². The van der Waals surface area contributed by atoms with Crippen molar-refractivity contribution in [2.45, 2.75) is 6.18 Å². The number of halogens is 5. The van der Waals surface area contributed by atoms with Crippen molar-refractivity contribution in [3.8, 4) is 40.0 Å². The van der Waals surface area contributed by atoms with E-state index in [2.05, 4.69) is 10.1 Å². The Morgan fingerprint density at radius 1 is 0.839 bits per heavy atom. The summed E-state index contributed by atoms with van der Waals surface area (Å²) in [5, 5.41) is 25.5. The highest BCUT2D eigenvalue weighted by molar-refractivity contribution is 6.35. The molecule has 0 unspecified atom stereocenters. The topological polar surface area (TPSA) is 71.2 Å². The van der Waals surface area contributed by atoms with Crippen LogP contribution >= 0.6 is 23.2 Å². The zero-order valence-corrected chi connectivity index (χ0v) is 16.9. The number of hydrogen-bond donors (Lipinski definition) is 2. The second kappa shape index (κ2) is 7.79. The normalized spacial score (nSPS) is 11.6. The lowest BCUT2D eigenvalue weighted by Gasteiger charge is -2.09. The van der Waals surface area contributed by atoms with Gasteiger partial charge in [0.2, 0.25) is 0 Å². The maximum absolute atomic E-state index is 12.9. The van der Waals surface area contributed by atoms with E-state index >= 15 is 0 Å². The van der Waals surface area contributed by atoms with Crippen LogP contribution in [-0.4, -0.2) is 25.0 Å². The van der Waals surface area contributed by atoms with Crippen molar-refractivity contribution in [1.82, 2.24) is 14.8 Å². The Labute approximate surface area is 183 Å². The van der Waals surface area contributed by atoms with Crippen LogP contribution in [0.15, 0.2) is 60.7 Å². The summed E-state index contributed by atoms with van der Waals surface area (Å²) in [6.07, 6.45) is -4.61. The van der Waals surface area contributed by atoms with Crippen molar-refractivity contribution in [1.29, 1.82) is 0 Å². The summed E-state index contributed by atoms with van der Waals surface area (Å²) in [7, 11) is 0. The Kier molecular flexibility index (Phi) is 5.28. The number of benzene rings is 3. The van der Waals surface area contributed by atoms with Gasteiger partial charge in [0.1, 0.15) is 11.5 Å². The molecule has 1 heterocycles. The van der Waals surface area contributed by atoms with Gasteiger partial charge in [-0.1, -0.05) is 35.3 Å². The molecule has 4 rings (SSSR count). The van der Waals surface area contributed by atoms with Crippen molar-refractivity contribution in [3.63, 3.8) is 0 Å². The molecule has 0 spiro atoms. The molecule has 1 aromatic heterocycles. The highest BCUT2D eigenvalue weighted by Crippen LogP contribution is 2.38. The SMILES string of the molecule is Oc1cc(C(F)(F)F)ccc1-c1nc(-c2ccccc2O)n(-c2ccc(Cl)cc2Cl)n1. The van der Waals surface area contributed by atoms with Crippen molar-refractivity contribution in [2.24, 2.45) is 0 Å². The van der Waals surface area contributed by atoms with E-state index in [1.54, 1.807) is 30.3 Å². The summed E-state index contributed by atoms with van der Waals surface area (Å²) in [5.74, 6) is -0.630. The number of alkyl halides is 3. The highest BCUT2D eigenvalue weighted by atomic mass is 35.5. The maximum atomic E-state index is 12.9. The quantitative estimate of drug-likeness (QED) is 0.370. The summed E-state index contributed by atoms with van der Waals surface area (Å²) in [6, 6.07) is 13.5. The lowest BCUT2D eigenvalue weighted by atomic mass is 10.1. The number of phenolic OH excluding ortho intramolecular Hbond substituents is 2. The van der Waals surface area contributed by atoms with E-state index in [-0.39, 0.29) is 28.0 Å². The van der Waals surface area contributed by atoms with Gasteiger partial charge in [0.15, 0.2) is 11.6 Å². The monoisotopic (exact) mass is 465 g/mol. The third-order valence-corrected chi connectivity index (χ3v) is 4.99. The van der Waals surface area contributed by atoms with E-state index < -0.39 is 17.5 Å². The first kappa shape index (κ1) is 21.0. The molecule has 0 aliphatic carbocycles. The molecule has 3 aromatic carbocycles. The Balaban J connectivity index is 1.93. The van der Waals surface area contributed by atoms with Crippen LogP contribution in [0.1, 0.15) is 5.56 Å². The Hall–Kier alpha value is -3.23. The van der Waals surface area contributed by atoms with Crippen LogP contribution in [0.2, 0.25) is 10.0 Å². The van der Waals surface area contributed by atoms with E-state index in [9.17, 15) is 23.4 Å². The van der Waals surface area contributed by atoms with Gasteiger partial charge in [-0.05, 0) is 48.5 Å². The molecule has 5 nitrogen and oxygen atoms in total. The van der Waals surface area contributed by atoms with Gasteiger partial charge in [-0.15, -0.1) is 5.10 Å². The van der Waals surface area contributed by atoms with Crippen LogP contribution < -0.4 is 0 Å². The van der Waals surface area contributed by atoms with Crippen LogP contribution in [0.3, 0.4) is 0 Å². The fourth-order valence-corrected chi connectivity index (χ4v) is 3.47. The minimum Gasteiger partial charge on any atom is -0.507 e. The zero-order valence-electron chi connectivity index (χ0n) is 15.4. The summed E-state index contributed by atoms with van der Waals surface area (Å²) in [4.78, 5) is 4.36. The van der Waals surface area contributed by atoms with Crippen molar-refractivity contribution in [2.75, 3.05) is 0 Å². The van der Waals surface area contributed by atoms with Gasteiger partial charge >= 0.3 is 6.18 Å². The highest BCUT2D eigenvalue weighted by Gasteiger charge is 2.31. The molecule has 4 aromatic rings. The Morgan fingerprint density at radius 2 is 1.58 bits per heavy atom. The summed E-state index contributed by atoms with van der Waals surface area (Å²) < 4.78 is 40.1. The smallest absolute Gasteiger partial charge is 0.416 e. The molecule has 158 valence electrons. The van der Waals surface area contributed by atoms with Crippen molar-refractivity contribution >= 4 is 23.2 Å². The number of phenols is 2. The third-order valence-electron chi connectivity index (χ3n) is 4.46. The van der Waals surface area contributed by atoms with Crippen molar-refractivity contribution < 1.29 is 23.4 Å². The van der Waals surface area contributed by atoms with Gasteiger partial charge < -0.3 is 10.2 Å². The predicted molar refractivity (Wildman–Crippen MR) is 111 cm³/mol. The molecule has 0 aliphatic heterocycles. The summed E-state index contributed by atoms with van der Waals surface area (Å²) >= 11 is 12.3. The van der Waals surface area contributed by atoms with Crippen LogP contribution in [0.5, 0.6) is 11.5 Å². The van der Waals surface area contributed by atoms with Crippen LogP contribution in [0, 0.1) is 0 Å². The lowest BCUT2D eigenvalue weighted by molar-refractivity contribution is -0.137. The van der Waals surface area contributed by atoms with Crippen LogP contribution in [0.25, 0.3) is 28.5 Å². The molecule has 0 saturated carbocycles. The number of para-hydroxylation sites is 1. The second-order valence-corrected chi connectivity index (χ2v) is 7.36. The Morgan fingerprint density at radius 3 is 2.23 bits per heavy atom. The molecule has 2 N–H and O–H groups in total. The minimum atomic E-state index is -4.61. The minimum absolute atomic E-state index is 0.0199. The van der Waals surface area contributed by atoms with Crippen LogP contribution in [0.4, 0.5) is 13.2 Å². The molecule has 0 atom stereocenters. The van der Waals surface area contributed by atoms with E-state index in [4.69, 9.17) is 23.2 Å². The number of aromatic hydroxyl groups is 2. The number of hydrogen-bond acceptors (Lipinski definition) is 4. The fraction of sp³-hybridized carbons (Fsp3) is 0.0476. The number of nitrogens with zero attached hydrogens (tertiary/aromatic N) is 3. The molecule has 0 saturated heterocycles.